The van der Waals surface area contributed by atoms with Crippen LogP contribution in [0.1, 0.15) is 52.1 Å². The van der Waals surface area contributed by atoms with Crippen molar-refractivity contribution < 1.29 is 18.7 Å². The Morgan fingerprint density at radius 3 is 2.82 bits per heavy atom. The molecule has 2 aromatic heterocycles. The summed E-state index contributed by atoms with van der Waals surface area (Å²) in [5.41, 5.74) is 3.07. The monoisotopic (exact) mass is 552 g/mol. The third-order valence-corrected chi connectivity index (χ3v) is 8.43. The van der Waals surface area contributed by atoms with E-state index in [0.29, 0.717) is 39.5 Å². The Hall–Kier alpha value is -3.46. The minimum atomic E-state index is -1.24. The predicted molar refractivity (Wildman–Crippen MR) is 143 cm³/mol. The van der Waals surface area contributed by atoms with Crippen molar-refractivity contribution in [2.75, 3.05) is 12.4 Å². The average Bonchev–Trinajstić information content (AvgIpc) is 3.58. The largest absolute Gasteiger partial charge is 0.465 e. The van der Waals surface area contributed by atoms with Crippen LogP contribution >= 0.6 is 23.2 Å². The lowest BCUT2D eigenvalue weighted by Crippen LogP contribution is -2.49. The highest BCUT2D eigenvalue weighted by atomic mass is 35.5. The molecule has 4 aromatic rings. The molecule has 0 saturated carbocycles. The van der Waals surface area contributed by atoms with Crippen LogP contribution in [-0.4, -0.2) is 34.4 Å². The molecular weight excluding hydrogens is 530 g/mol. The Balaban J connectivity index is 0.00000264. The summed E-state index contributed by atoms with van der Waals surface area (Å²) in [6, 6.07) is 13.3. The van der Waals surface area contributed by atoms with E-state index < -0.39 is 23.2 Å². The first-order valence-electron chi connectivity index (χ1n) is 11.8. The third-order valence-electron chi connectivity index (χ3n) is 7.91. The van der Waals surface area contributed by atoms with Crippen molar-refractivity contribution in [2.24, 2.45) is 0 Å². The van der Waals surface area contributed by atoms with Crippen LogP contribution < -0.4 is 10.6 Å². The first-order valence-corrected chi connectivity index (χ1v) is 12.5. The van der Waals surface area contributed by atoms with E-state index in [4.69, 9.17) is 32.9 Å². The van der Waals surface area contributed by atoms with Gasteiger partial charge in [0.1, 0.15) is 17.0 Å². The molecule has 0 radical (unpaired) electrons. The topological polar surface area (TPSA) is 84.7 Å². The van der Waals surface area contributed by atoms with Crippen LogP contribution in [0.15, 0.2) is 54.7 Å². The number of amides is 1. The molecule has 4 heterocycles. The van der Waals surface area contributed by atoms with Gasteiger partial charge in [-0.3, -0.25) is 10.1 Å². The highest BCUT2D eigenvalue weighted by Crippen LogP contribution is 2.60. The number of pyridine rings is 1. The van der Waals surface area contributed by atoms with Gasteiger partial charge in [0.2, 0.25) is 5.91 Å². The molecule has 0 unspecified atom stereocenters. The van der Waals surface area contributed by atoms with Gasteiger partial charge in [-0.25, -0.2) is 14.2 Å². The predicted octanol–water partition coefficient (Wildman–Crippen LogP) is 5.45. The summed E-state index contributed by atoms with van der Waals surface area (Å²) in [7, 11) is 1.33. The molecule has 4 atom stereocenters. The minimum absolute atomic E-state index is 0. The smallest absolute Gasteiger partial charge is 0.338 e. The molecular formula is C28H23Cl2FN4O3. The van der Waals surface area contributed by atoms with Crippen LogP contribution in [0, 0.1) is 5.82 Å². The Labute approximate surface area is 227 Å². The van der Waals surface area contributed by atoms with Crippen LogP contribution in [0.4, 0.5) is 10.1 Å². The first kappa shape index (κ1) is 24.9. The number of methoxy groups -OCH3 is 1. The molecule has 7 nitrogen and oxygen atoms in total. The highest BCUT2D eigenvalue weighted by molar-refractivity contribution is 6.31. The second-order valence-corrected chi connectivity index (χ2v) is 10.5. The van der Waals surface area contributed by atoms with Crippen molar-refractivity contribution in [3.8, 4) is 0 Å². The molecule has 1 spiro atoms. The van der Waals surface area contributed by atoms with Crippen molar-refractivity contribution in [3.63, 3.8) is 0 Å². The summed E-state index contributed by atoms with van der Waals surface area (Å²) in [6.07, 6.45) is 2.36. The molecule has 2 aromatic carbocycles. The zero-order valence-electron chi connectivity index (χ0n) is 19.4. The molecule has 2 aliphatic heterocycles. The molecule has 1 aliphatic carbocycles. The van der Waals surface area contributed by atoms with Gasteiger partial charge in [-0.1, -0.05) is 48.8 Å². The zero-order chi connectivity index (χ0) is 25.6. The summed E-state index contributed by atoms with van der Waals surface area (Å²) in [5, 5.41) is 7.02. The molecule has 1 fully saturated rings. The number of esters is 1. The number of aromatic nitrogens is 2. The fourth-order valence-corrected chi connectivity index (χ4v) is 6.84. The third kappa shape index (κ3) is 3.14. The van der Waals surface area contributed by atoms with Gasteiger partial charge in [0.25, 0.3) is 0 Å². The maximum absolute atomic E-state index is 15.7. The molecule has 3 aliphatic rings. The number of imidazole rings is 1. The van der Waals surface area contributed by atoms with Crippen LogP contribution in [0.25, 0.3) is 5.65 Å². The number of fused-ring (bicyclic) bond motifs is 7. The molecule has 0 bridgehead atoms. The van der Waals surface area contributed by atoms with Gasteiger partial charge in [0.05, 0.1) is 23.4 Å². The maximum atomic E-state index is 15.7. The standard InChI is InChI=1S/C27H19Cl2FN4O3.CH4/c1-37-25(35)12-7-8-34-19-11-18-21(24(19)32-20(34)9-12)22(14-3-2-4-16(29)23(14)30)27(33-18)15-6-5-13(28)10-17(15)31-26(27)36;/h2-10,18,21-22,33H,11H2,1H3,(H,31,36);1H4/t18-,21+,22-,27+;/m0./s1. The van der Waals surface area contributed by atoms with Gasteiger partial charge in [-0.2, -0.15) is 0 Å². The fourth-order valence-electron chi connectivity index (χ4n) is 6.48. The molecule has 2 N–H and O–H groups in total. The minimum Gasteiger partial charge on any atom is -0.465 e. The molecule has 194 valence electrons. The summed E-state index contributed by atoms with van der Waals surface area (Å²) >= 11 is 12.5. The van der Waals surface area contributed by atoms with E-state index in [0.717, 1.165) is 11.4 Å². The Morgan fingerprint density at radius 2 is 2.03 bits per heavy atom. The lowest BCUT2D eigenvalue weighted by molar-refractivity contribution is -0.122. The summed E-state index contributed by atoms with van der Waals surface area (Å²) in [5.74, 6) is -2.28. The second kappa shape index (κ2) is 8.53. The summed E-state index contributed by atoms with van der Waals surface area (Å²) in [4.78, 5) is 30.8. The van der Waals surface area contributed by atoms with Gasteiger partial charge in [-0.05, 0) is 35.9 Å². The fraction of sp³-hybridized carbons (Fsp3) is 0.250. The molecule has 38 heavy (non-hydrogen) atoms. The van der Waals surface area contributed by atoms with Crippen molar-refractivity contribution in [1.29, 1.82) is 0 Å². The van der Waals surface area contributed by atoms with E-state index in [-0.39, 0.29) is 30.3 Å². The average molecular weight is 553 g/mol. The second-order valence-electron chi connectivity index (χ2n) is 9.63. The number of anilines is 1. The lowest BCUT2D eigenvalue weighted by Gasteiger charge is -2.32. The van der Waals surface area contributed by atoms with E-state index in [9.17, 15) is 9.59 Å². The lowest BCUT2D eigenvalue weighted by atomic mass is 9.71. The van der Waals surface area contributed by atoms with E-state index >= 15 is 4.39 Å². The van der Waals surface area contributed by atoms with Crippen molar-refractivity contribution >= 4 is 46.4 Å². The number of hydrogen-bond donors (Lipinski definition) is 2. The number of rotatable bonds is 2. The first-order chi connectivity index (χ1) is 17.8. The number of carbonyl (C=O) groups excluding carboxylic acids is 2. The highest BCUT2D eigenvalue weighted by Gasteiger charge is 2.65. The number of halogens is 3. The summed E-state index contributed by atoms with van der Waals surface area (Å²) in [6.45, 7) is 0. The van der Waals surface area contributed by atoms with Crippen LogP contribution in [-0.2, 0) is 21.5 Å². The number of hydrogen-bond acceptors (Lipinski definition) is 5. The van der Waals surface area contributed by atoms with Gasteiger partial charge in [0.15, 0.2) is 0 Å². The van der Waals surface area contributed by atoms with E-state index in [1.807, 2.05) is 10.5 Å². The van der Waals surface area contributed by atoms with E-state index in [2.05, 4.69) is 10.6 Å². The van der Waals surface area contributed by atoms with Crippen LogP contribution in [0.5, 0.6) is 0 Å². The normalized spacial score (nSPS) is 24.6. The van der Waals surface area contributed by atoms with Gasteiger partial charge in [0, 0.05) is 52.5 Å². The maximum Gasteiger partial charge on any atom is 0.338 e. The Morgan fingerprint density at radius 1 is 1.21 bits per heavy atom. The number of nitrogens with zero attached hydrogens (tertiary/aromatic N) is 2. The summed E-state index contributed by atoms with van der Waals surface area (Å²) < 4.78 is 22.5. The number of nitrogens with one attached hydrogen (secondary N) is 2. The van der Waals surface area contributed by atoms with E-state index in [1.165, 1.54) is 13.2 Å². The number of benzene rings is 2. The zero-order valence-corrected chi connectivity index (χ0v) is 20.9. The number of ether oxygens (including phenoxy) is 1. The van der Waals surface area contributed by atoms with Crippen LogP contribution in [0.2, 0.25) is 10.0 Å². The van der Waals surface area contributed by atoms with Gasteiger partial charge in [-0.15, -0.1) is 0 Å². The van der Waals surface area contributed by atoms with Crippen molar-refractivity contribution in [3.05, 3.63) is 98.7 Å². The van der Waals surface area contributed by atoms with Gasteiger partial charge < -0.3 is 14.5 Å². The quantitative estimate of drug-likeness (QED) is 0.323. The number of carbonyl (C=O) groups is 2. The van der Waals surface area contributed by atoms with Crippen LogP contribution in [0.3, 0.4) is 0 Å². The molecule has 10 heteroatoms. The van der Waals surface area contributed by atoms with Gasteiger partial charge >= 0.3 is 5.97 Å². The Bertz CT molecular complexity index is 1670. The molecule has 7 rings (SSSR count). The van der Waals surface area contributed by atoms with Crippen molar-refractivity contribution in [1.82, 2.24) is 14.7 Å². The van der Waals surface area contributed by atoms with E-state index in [1.54, 1.807) is 42.6 Å². The SMILES string of the molecule is C.COC(=O)c1ccn2c3c(nc2c1)[C@@H]1[C@H](C3)N[C@@]2(C(=O)Nc3cc(Cl)ccc32)[C@H]1c1cccc(Cl)c1F. The Kier molecular flexibility index (Phi) is 5.58. The van der Waals surface area contributed by atoms with Crippen molar-refractivity contribution in [2.45, 2.75) is 37.3 Å². The molecule has 1 amide bonds. The molecule has 1 saturated heterocycles.